The molecule has 2 aromatic heterocycles. The zero-order valence-electron chi connectivity index (χ0n) is 13.1. The van der Waals surface area contributed by atoms with Crippen LogP contribution in [0.15, 0.2) is 84.0 Å². The first-order valence-electron chi connectivity index (χ1n) is 7.64. The van der Waals surface area contributed by atoms with Crippen LogP contribution in [0, 0.1) is 0 Å². The Kier molecular flexibility index (Phi) is 3.54. The fraction of sp³-hybridized carbons (Fsp3) is 0. The molecule has 0 unspecified atom stereocenters. The van der Waals surface area contributed by atoms with Crippen molar-refractivity contribution in [3.63, 3.8) is 0 Å². The van der Waals surface area contributed by atoms with Gasteiger partial charge in [0, 0.05) is 23.3 Å². The molecule has 0 aliphatic heterocycles. The number of nitrogens with zero attached hydrogens (tertiary/aromatic N) is 2. The quantitative estimate of drug-likeness (QED) is 0.612. The van der Waals surface area contributed by atoms with Crippen LogP contribution in [0.1, 0.15) is 0 Å². The lowest BCUT2D eigenvalue weighted by atomic mass is 10.1. The summed E-state index contributed by atoms with van der Waals surface area (Å²) < 4.78 is 27.4. The van der Waals surface area contributed by atoms with Gasteiger partial charge < -0.3 is 5.11 Å². The average molecular weight is 350 g/mol. The molecular formula is C19H14N2O3S. The Morgan fingerprint density at radius 2 is 1.60 bits per heavy atom. The van der Waals surface area contributed by atoms with E-state index in [2.05, 4.69) is 4.98 Å². The predicted molar refractivity (Wildman–Crippen MR) is 95.9 cm³/mol. The third kappa shape index (κ3) is 2.47. The molecule has 0 aliphatic carbocycles. The van der Waals surface area contributed by atoms with E-state index >= 15 is 0 Å². The minimum absolute atomic E-state index is 0.00233. The first-order chi connectivity index (χ1) is 12.1. The van der Waals surface area contributed by atoms with Crippen molar-refractivity contribution in [2.45, 2.75) is 4.90 Å². The number of pyridine rings is 1. The van der Waals surface area contributed by atoms with Gasteiger partial charge >= 0.3 is 0 Å². The Morgan fingerprint density at radius 1 is 0.880 bits per heavy atom. The SMILES string of the molecule is O=S(=O)(c1ccccc1)n1cc(-c2ncccc2O)c2ccccc21. The number of benzene rings is 2. The minimum Gasteiger partial charge on any atom is -0.506 e. The highest BCUT2D eigenvalue weighted by Crippen LogP contribution is 2.35. The van der Waals surface area contributed by atoms with E-state index in [1.807, 2.05) is 12.1 Å². The third-order valence-corrected chi connectivity index (χ3v) is 5.71. The molecule has 0 spiro atoms. The van der Waals surface area contributed by atoms with Gasteiger partial charge in [0.1, 0.15) is 11.4 Å². The number of aromatic nitrogens is 2. The number of hydrogen-bond donors (Lipinski definition) is 1. The Morgan fingerprint density at radius 3 is 2.36 bits per heavy atom. The summed E-state index contributed by atoms with van der Waals surface area (Å²) in [6, 6.07) is 18.6. The van der Waals surface area contributed by atoms with Gasteiger partial charge in [-0.05, 0) is 30.3 Å². The number of fused-ring (bicyclic) bond motifs is 1. The summed E-state index contributed by atoms with van der Waals surface area (Å²) in [6.07, 6.45) is 3.07. The summed E-state index contributed by atoms with van der Waals surface area (Å²) in [5, 5.41) is 10.8. The molecule has 0 saturated heterocycles. The maximum Gasteiger partial charge on any atom is 0.268 e. The lowest BCUT2D eigenvalue weighted by Gasteiger charge is -2.07. The second-order valence-corrected chi connectivity index (χ2v) is 7.36. The van der Waals surface area contributed by atoms with Gasteiger partial charge in [0.25, 0.3) is 10.0 Å². The number of para-hydroxylation sites is 1. The average Bonchev–Trinajstić information content (AvgIpc) is 3.03. The fourth-order valence-corrected chi connectivity index (χ4v) is 4.24. The van der Waals surface area contributed by atoms with Crippen LogP contribution >= 0.6 is 0 Å². The van der Waals surface area contributed by atoms with Crippen LogP contribution in [-0.4, -0.2) is 22.5 Å². The fourth-order valence-electron chi connectivity index (χ4n) is 2.85. The first kappa shape index (κ1) is 15.4. The van der Waals surface area contributed by atoms with E-state index in [9.17, 15) is 13.5 Å². The van der Waals surface area contributed by atoms with Crippen molar-refractivity contribution in [2.75, 3.05) is 0 Å². The molecule has 4 aromatic rings. The van der Waals surface area contributed by atoms with E-state index in [-0.39, 0.29) is 10.6 Å². The predicted octanol–water partition coefficient (Wildman–Crippen LogP) is 3.65. The highest BCUT2D eigenvalue weighted by Gasteiger charge is 2.22. The van der Waals surface area contributed by atoms with Crippen LogP contribution < -0.4 is 0 Å². The molecule has 1 N–H and O–H groups in total. The molecule has 0 saturated carbocycles. The summed E-state index contributed by atoms with van der Waals surface area (Å²) in [7, 11) is -3.76. The zero-order chi connectivity index (χ0) is 17.4. The van der Waals surface area contributed by atoms with Crippen LogP contribution in [0.3, 0.4) is 0 Å². The molecule has 4 rings (SSSR count). The maximum absolute atomic E-state index is 13.1. The molecule has 25 heavy (non-hydrogen) atoms. The second-order valence-electron chi connectivity index (χ2n) is 5.54. The van der Waals surface area contributed by atoms with Crippen LogP contribution in [0.4, 0.5) is 0 Å². The van der Waals surface area contributed by atoms with E-state index in [1.54, 1.807) is 54.7 Å². The molecule has 6 heteroatoms. The standard InChI is InChI=1S/C19H14N2O3S/c22-18-11-6-12-20-19(18)16-13-21(17-10-5-4-9-15(16)17)25(23,24)14-7-2-1-3-8-14/h1-13,22H. The molecule has 0 atom stereocenters. The van der Waals surface area contributed by atoms with Crippen molar-refractivity contribution < 1.29 is 13.5 Å². The van der Waals surface area contributed by atoms with Crippen LogP contribution in [0.25, 0.3) is 22.2 Å². The van der Waals surface area contributed by atoms with Crippen molar-refractivity contribution in [2.24, 2.45) is 0 Å². The van der Waals surface area contributed by atoms with Crippen LogP contribution in [-0.2, 0) is 10.0 Å². The molecule has 0 amide bonds. The van der Waals surface area contributed by atoms with E-state index in [4.69, 9.17) is 0 Å². The summed E-state index contributed by atoms with van der Waals surface area (Å²) in [4.78, 5) is 4.41. The minimum atomic E-state index is -3.76. The van der Waals surface area contributed by atoms with Gasteiger partial charge in [0.2, 0.25) is 0 Å². The lowest BCUT2D eigenvalue weighted by Crippen LogP contribution is -2.11. The molecule has 2 aromatic carbocycles. The summed E-state index contributed by atoms with van der Waals surface area (Å²) in [5.41, 5.74) is 1.44. The topological polar surface area (TPSA) is 72.2 Å². The third-order valence-electron chi connectivity index (χ3n) is 4.02. The van der Waals surface area contributed by atoms with Crippen LogP contribution in [0.5, 0.6) is 5.75 Å². The van der Waals surface area contributed by atoms with Crippen molar-refractivity contribution in [1.29, 1.82) is 0 Å². The largest absolute Gasteiger partial charge is 0.506 e. The Balaban J connectivity index is 2.03. The molecular weight excluding hydrogens is 336 g/mol. The van der Waals surface area contributed by atoms with Crippen molar-refractivity contribution in [3.05, 3.63) is 79.1 Å². The van der Waals surface area contributed by atoms with Crippen molar-refractivity contribution in [1.82, 2.24) is 8.96 Å². The molecule has 5 nitrogen and oxygen atoms in total. The summed E-state index contributed by atoms with van der Waals surface area (Å²) in [5.74, 6) is 0.00233. The van der Waals surface area contributed by atoms with E-state index in [1.165, 1.54) is 16.2 Å². The highest BCUT2D eigenvalue weighted by atomic mass is 32.2. The number of rotatable bonds is 3. The normalized spacial score (nSPS) is 11.7. The number of aromatic hydroxyl groups is 1. The maximum atomic E-state index is 13.1. The van der Waals surface area contributed by atoms with Crippen molar-refractivity contribution in [3.8, 4) is 17.0 Å². The molecule has 0 radical (unpaired) electrons. The van der Waals surface area contributed by atoms with Gasteiger partial charge in [0.15, 0.2) is 0 Å². The summed E-state index contributed by atoms with van der Waals surface area (Å²) in [6.45, 7) is 0. The van der Waals surface area contributed by atoms with Gasteiger partial charge in [-0.1, -0.05) is 36.4 Å². The number of hydrogen-bond acceptors (Lipinski definition) is 4. The smallest absolute Gasteiger partial charge is 0.268 e. The Bertz CT molecular complexity index is 1170. The van der Waals surface area contributed by atoms with Gasteiger partial charge in [-0.2, -0.15) is 0 Å². The molecule has 0 fully saturated rings. The van der Waals surface area contributed by atoms with Gasteiger partial charge in [-0.25, -0.2) is 12.4 Å². The monoisotopic (exact) mass is 350 g/mol. The van der Waals surface area contributed by atoms with Crippen molar-refractivity contribution >= 4 is 20.9 Å². The Hall–Kier alpha value is -3.12. The lowest BCUT2D eigenvalue weighted by molar-refractivity contribution is 0.475. The highest BCUT2D eigenvalue weighted by molar-refractivity contribution is 7.90. The first-order valence-corrected chi connectivity index (χ1v) is 9.08. The molecule has 124 valence electrons. The van der Waals surface area contributed by atoms with Crippen LogP contribution in [0.2, 0.25) is 0 Å². The van der Waals surface area contributed by atoms with Gasteiger partial charge in [-0.3, -0.25) is 4.98 Å². The molecule has 2 heterocycles. The van der Waals surface area contributed by atoms with E-state index in [0.717, 1.165) is 0 Å². The zero-order valence-corrected chi connectivity index (χ0v) is 13.9. The van der Waals surface area contributed by atoms with E-state index in [0.29, 0.717) is 22.2 Å². The van der Waals surface area contributed by atoms with Gasteiger partial charge in [-0.15, -0.1) is 0 Å². The van der Waals surface area contributed by atoms with E-state index < -0.39 is 10.0 Å². The Labute approximate surface area is 144 Å². The molecule has 0 bridgehead atoms. The molecule has 0 aliphatic rings. The summed E-state index contributed by atoms with van der Waals surface area (Å²) >= 11 is 0. The van der Waals surface area contributed by atoms with Gasteiger partial charge in [0.05, 0.1) is 10.4 Å². The second kappa shape index (κ2) is 5.75.